The molecule has 1 atom stereocenters. The summed E-state index contributed by atoms with van der Waals surface area (Å²) in [7, 11) is 0. The van der Waals surface area contributed by atoms with E-state index in [-0.39, 0.29) is 18.8 Å². The number of rotatable bonds is 5. The van der Waals surface area contributed by atoms with Crippen molar-refractivity contribution in [2.24, 2.45) is 0 Å². The number of para-hydroxylation sites is 1. The van der Waals surface area contributed by atoms with Crippen molar-refractivity contribution in [3.8, 4) is 28.4 Å². The van der Waals surface area contributed by atoms with Gasteiger partial charge in [-0.25, -0.2) is 0 Å². The van der Waals surface area contributed by atoms with Crippen molar-refractivity contribution in [1.82, 2.24) is 10.3 Å². The number of ether oxygens (including phenoxy) is 3. The van der Waals surface area contributed by atoms with Crippen molar-refractivity contribution in [2.75, 3.05) is 13.3 Å². The molecule has 0 spiro atoms. The third-order valence-corrected chi connectivity index (χ3v) is 5.15. The first-order valence-electron chi connectivity index (χ1n) is 9.60. The van der Waals surface area contributed by atoms with Crippen LogP contribution in [0.3, 0.4) is 0 Å². The maximum Gasteiger partial charge on any atom is 0.231 e. The second-order valence-corrected chi connectivity index (χ2v) is 7.14. The molecule has 0 fully saturated rings. The molecule has 3 heterocycles. The van der Waals surface area contributed by atoms with E-state index in [1.54, 1.807) is 12.4 Å². The molecule has 2 aromatic carbocycles. The van der Waals surface area contributed by atoms with E-state index in [4.69, 9.17) is 14.2 Å². The van der Waals surface area contributed by atoms with Crippen molar-refractivity contribution in [1.29, 1.82) is 0 Å². The summed E-state index contributed by atoms with van der Waals surface area (Å²) in [6.07, 6.45) is 4.54. The van der Waals surface area contributed by atoms with Gasteiger partial charge in [-0.05, 0) is 41.0 Å². The third-order valence-electron chi connectivity index (χ3n) is 5.15. The summed E-state index contributed by atoms with van der Waals surface area (Å²) in [5.74, 6) is 2.26. The van der Waals surface area contributed by atoms with Gasteiger partial charge in [-0.2, -0.15) is 0 Å². The van der Waals surface area contributed by atoms with Gasteiger partial charge in [0.15, 0.2) is 11.5 Å². The normalized spacial score (nSPS) is 16.2. The average molecular weight is 388 g/mol. The molecule has 0 saturated carbocycles. The molecule has 0 bridgehead atoms. The van der Waals surface area contributed by atoms with Crippen LogP contribution in [0.2, 0.25) is 0 Å². The van der Waals surface area contributed by atoms with Crippen molar-refractivity contribution in [2.45, 2.75) is 18.9 Å². The van der Waals surface area contributed by atoms with Gasteiger partial charge in [0.25, 0.3) is 0 Å². The Kier molecular flexibility index (Phi) is 4.52. The molecule has 0 radical (unpaired) electrons. The number of pyridine rings is 1. The standard InChI is InChI=1S/C23H20N2O4/c26-22(11-15-4-5-20-21(10-15)28-14-27-20)25-13-18-12-17-2-1-3-19(23(17)29-18)16-6-8-24-9-7-16/h1-10,18H,11-14H2,(H,25,26). The van der Waals surface area contributed by atoms with E-state index in [9.17, 15) is 4.79 Å². The van der Waals surface area contributed by atoms with Crippen LogP contribution in [0, 0.1) is 0 Å². The second-order valence-electron chi connectivity index (χ2n) is 7.14. The number of hydrogen-bond donors (Lipinski definition) is 1. The van der Waals surface area contributed by atoms with Crippen LogP contribution in [-0.2, 0) is 17.6 Å². The quantitative estimate of drug-likeness (QED) is 0.727. The number of carbonyl (C=O) groups is 1. The molecule has 29 heavy (non-hydrogen) atoms. The molecule has 1 N–H and O–H groups in total. The lowest BCUT2D eigenvalue weighted by Crippen LogP contribution is -2.35. The Hall–Kier alpha value is -3.54. The predicted molar refractivity (Wildman–Crippen MR) is 107 cm³/mol. The van der Waals surface area contributed by atoms with Crippen LogP contribution in [0.4, 0.5) is 0 Å². The van der Waals surface area contributed by atoms with Gasteiger partial charge in [-0.15, -0.1) is 0 Å². The van der Waals surface area contributed by atoms with E-state index in [0.29, 0.717) is 18.7 Å². The fourth-order valence-electron chi connectivity index (χ4n) is 3.74. The Morgan fingerprint density at radius 1 is 1.07 bits per heavy atom. The highest BCUT2D eigenvalue weighted by Gasteiger charge is 2.26. The van der Waals surface area contributed by atoms with E-state index in [0.717, 1.165) is 40.2 Å². The summed E-state index contributed by atoms with van der Waals surface area (Å²) in [5.41, 5.74) is 4.18. The molecule has 6 nitrogen and oxygen atoms in total. The number of amides is 1. The molecule has 2 aliphatic heterocycles. The smallest absolute Gasteiger partial charge is 0.231 e. The highest BCUT2D eigenvalue weighted by Crippen LogP contribution is 2.38. The van der Waals surface area contributed by atoms with Crippen LogP contribution >= 0.6 is 0 Å². The first kappa shape index (κ1) is 17.6. The Balaban J connectivity index is 1.20. The highest BCUT2D eigenvalue weighted by atomic mass is 16.7. The van der Waals surface area contributed by atoms with Gasteiger partial charge in [0.05, 0.1) is 13.0 Å². The lowest BCUT2D eigenvalue weighted by atomic mass is 10.0. The minimum atomic E-state index is -0.0753. The lowest BCUT2D eigenvalue weighted by Gasteiger charge is -2.14. The van der Waals surface area contributed by atoms with E-state index < -0.39 is 0 Å². The minimum absolute atomic E-state index is 0.0437. The number of nitrogens with one attached hydrogen (secondary N) is 1. The molecular formula is C23H20N2O4. The van der Waals surface area contributed by atoms with E-state index in [1.807, 2.05) is 36.4 Å². The molecule has 1 amide bonds. The van der Waals surface area contributed by atoms with Crippen LogP contribution in [0.15, 0.2) is 60.9 Å². The number of fused-ring (bicyclic) bond motifs is 2. The highest BCUT2D eigenvalue weighted by molar-refractivity contribution is 5.79. The summed E-state index contributed by atoms with van der Waals surface area (Å²) >= 11 is 0. The van der Waals surface area contributed by atoms with Crippen LogP contribution in [-0.4, -0.2) is 30.3 Å². The first-order chi connectivity index (χ1) is 14.3. The Morgan fingerprint density at radius 3 is 2.83 bits per heavy atom. The molecular weight excluding hydrogens is 368 g/mol. The van der Waals surface area contributed by atoms with Crippen LogP contribution in [0.25, 0.3) is 11.1 Å². The lowest BCUT2D eigenvalue weighted by molar-refractivity contribution is -0.120. The van der Waals surface area contributed by atoms with Gasteiger partial charge in [0, 0.05) is 24.4 Å². The van der Waals surface area contributed by atoms with Crippen molar-refractivity contribution in [3.05, 3.63) is 72.1 Å². The van der Waals surface area contributed by atoms with Crippen molar-refractivity contribution in [3.63, 3.8) is 0 Å². The molecule has 0 aliphatic carbocycles. The summed E-state index contributed by atoms with van der Waals surface area (Å²) < 4.78 is 16.9. The number of carbonyl (C=O) groups excluding carboxylic acids is 1. The topological polar surface area (TPSA) is 69.7 Å². The van der Waals surface area contributed by atoms with Gasteiger partial charge < -0.3 is 19.5 Å². The average Bonchev–Trinajstić information content (AvgIpc) is 3.38. The van der Waals surface area contributed by atoms with Gasteiger partial charge >= 0.3 is 0 Å². The summed E-state index contributed by atoms with van der Waals surface area (Å²) in [5, 5.41) is 2.99. The van der Waals surface area contributed by atoms with Gasteiger partial charge in [-0.3, -0.25) is 9.78 Å². The molecule has 1 unspecified atom stereocenters. The van der Waals surface area contributed by atoms with Gasteiger partial charge in [0.1, 0.15) is 11.9 Å². The second kappa shape index (κ2) is 7.47. The molecule has 6 heteroatoms. The third kappa shape index (κ3) is 3.61. The monoisotopic (exact) mass is 388 g/mol. The molecule has 0 saturated heterocycles. The number of nitrogens with zero attached hydrogens (tertiary/aromatic N) is 1. The van der Waals surface area contributed by atoms with Gasteiger partial charge in [-0.1, -0.05) is 24.3 Å². The van der Waals surface area contributed by atoms with Crippen LogP contribution in [0.5, 0.6) is 17.2 Å². The summed E-state index contributed by atoms with van der Waals surface area (Å²) in [6, 6.07) is 15.7. The zero-order valence-electron chi connectivity index (χ0n) is 15.8. The predicted octanol–water partition coefficient (Wildman–Crippen LogP) is 3.14. The Bertz CT molecular complexity index is 1050. The molecule has 3 aromatic rings. The van der Waals surface area contributed by atoms with Crippen LogP contribution in [0.1, 0.15) is 11.1 Å². The maximum absolute atomic E-state index is 12.4. The molecule has 1 aromatic heterocycles. The summed E-state index contributed by atoms with van der Waals surface area (Å²) in [6.45, 7) is 0.694. The molecule has 2 aliphatic rings. The first-order valence-corrected chi connectivity index (χ1v) is 9.60. The molecule has 146 valence electrons. The minimum Gasteiger partial charge on any atom is -0.487 e. The zero-order valence-corrected chi connectivity index (χ0v) is 15.8. The van der Waals surface area contributed by atoms with Crippen molar-refractivity contribution < 1.29 is 19.0 Å². The Morgan fingerprint density at radius 2 is 1.93 bits per heavy atom. The van der Waals surface area contributed by atoms with Crippen LogP contribution < -0.4 is 19.5 Å². The number of hydrogen-bond acceptors (Lipinski definition) is 5. The SMILES string of the molecule is O=C(Cc1ccc2c(c1)OCO2)NCC1Cc2cccc(-c3ccncc3)c2O1. The van der Waals surface area contributed by atoms with E-state index >= 15 is 0 Å². The number of aromatic nitrogens is 1. The van der Waals surface area contributed by atoms with E-state index in [1.165, 1.54) is 0 Å². The number of benzene rings is 2. The fourth-order valence-corrected chi connectivity index (χ4v) is 3.74. The maximum atomic E-state index is 12.4. The zero-order chi connectivity index (χ0) is 19.6. The Labute approximate surface area is 168 Å². The van der Waals surface area contributed by atoms with E-state index in [2.05, 4.69) is 22.4 Å². The fraction of sp³-hybridized carbons (Fsp3) is 0.217. The summed E-state index contributed by atoms with van der Waals surface area (Å²) in [4.78, 5) is 16.5. The largest absolute Gasteiger partial charge is 0.487 e. The van der Waals surface area contributed by atoms with Gasteiger partial charge in [0.2, 0.25) is 12.7 Å². The molecule has 5 rings (SSSR count). The van der Waals surface area contributed by atoms with Crippen molar-refractivity contribution >= 4 is 5.91 Å².